The fraction of sp³-hybridized carbons (Fsp3) is 0.167. The minimum atomic E-state index is -0.566. The van der Waals surface area contributed by atoms with Gasteiger partial charge in [0, 0.05) is 5.56 Å². The van der Waals surface area contributed by atoms with E-state index in [0.29, 0.717) is 0 Å². The summed E-state index contributed by atoms with van der Waals surface area (Å²) < 4.78 is 5.59. The van der Waals surface area contributed by atoms with Crippen molar-refractivity contribution in [2.24, 2.45) is 0 Å². The summed E-state index contributed by atoms with van der Waals surface area (Å²) >= 11 is 8.35. The monoisotopic (exact) mass is 222 g/mol. The maximum Gasteiger partial charge on any atom is 0.288 e. The van der Waals surface area contributed by atoms with Crippen LogP contribution in [0, 0.1) is 6.92 Å². The van der Waals surface area contributed by atoms with Gasteiger partial charge in [-0.1, -0.05) is 0 Å². The first-order chi connectivity index (χ1) is 4.63. The van der Waals surface area contributed by atoms with Crippen molar-refractivity contribution < 1.29 is 9.21 Å². The van der Waals surface area contributed by atoms with Gasteiger partial charge in [-0.2, -0.15) is 0 Å². The third-order valence-electron chi connectivity index (χ3n) is 1.16. The van der Waals surface area contributed by atoms with E-state index in [4.69, 9.17) is 16.0 Å². The lowest BCUT2D eigenvalue weighted by atomic mass is 10.3. The Kier molecular flexibility index (Phi) is 2.16. The standard InChI is InChI=1S/C6H4BrClO2/c1-3-4(7)2-10-5(3)6(8)9/h2H,1H3. The molecule has 0 spiro atoms. The molecule has 0 aliphatic rings. The van der Waals surface area contributed by atoms with Crippen LogP contribution in [0.4, 0.5) is 0 Å². The van der Waals surface area contributed by atoms with Crippen LogP contribution in [0.3, 0.4) is 0 Å². The van der Waals surface area contributed by atoms with Crippen molar-refractivity contribution in [1.82, 2.24) is 0 Å². The normalized spacial score (nSPS) is 9.90. The number of hydrogen-bond acceptors (Lipinski definition) is 2. The Bertz CT molecular complexity index is 267. The predicted molar refractivity (Wildman–Crippen MR) is 41.3 cm³/mol. The van der Waals surface area contributed by atoms with E-state index in [0.717, 1.165) is 10.0 Å². The van der Waals surface area contributed by atoms with Crippen LogP contribution in [0.25, 0.3) is 0 Å². The fourth-order valence-corrected chi connectivity index (χ4v) is 1.05. The highest BCUT2D eigenvalue weighted by molar-refractivity contribution is 9.10. The molecule has 0 atom stereocenters. The van der Waals surface area contributed by atoms with Gasteiger partial charge >= 0.3 is 0 Å². The lowest BCUT2D eigenvalue weighted by molar-refractivity contribution is 0.105. The molecule has 0 saturated heterocycles. The molecule has 0 bridgehead atoms. The van der Waals surface area contributed by atoms with Crippen molar-refractivity contribution in [2.75, 3.05) is 0 Å². The molecule has 0 N–H and O–H groups in total. The molecule has 54 valence electrons. The number of furan rings is 1. The first kappa shape index (κ1) is 7.82. The van der Waals surface area contributed by atoms with Crippen molar-refractivity contribution in [3.63, 3.8) is 0 Å². The van der Waals surface area contributed by atoms with Gasteiger partial charge in [0.2, 0.25) is 0 Å². The van der Waals surface area contributed by atoms with Crippen molar-refractivity contribution in [1.29, 1.82) is 0 Å². The summed E-state index contributed by atoms with van der Waals surface area (Å²) in [6, 6.07) is 0. The minimum Gasteiger partial charge on any atom is -0.458 e. The highest BCUT2D eigenvalue weighted by atomic mass is 79.9. The molecule has 0 aromatic carbocycles. The molecular formula is C6H4BrClO2. The maximum atomic E-state index is 10.5. The molecule has 1 aromatic rings. The molecule has 1 heterocycles. The van der Waals surface area contributed by atoms with E-state index in [9.17, 15) is 4.79 Å². The molecule has 0 radical (unpaired) electrons. The number of carbonyl (C=O) groups excluding carboxylic acids is 1. The number of carbonyl (C=O) groups is 1. The van der Waals surface area contributed by atoms with Crippen LogP contribution in [-0.4, -0.2) is 5.24 Å². The zero-order chi connectivity index (χ0) is 7.72. The summed E-state index contributed by atoms with van der Waals surface area (Å²) in [5, 5.41) is -0.566. The third-order valence-corrected chi connectivity index (χ3v) is 2.11. The molecule has 0 fully saturated rings. The summed E-state index contributed by atoms with van der Waals surface area (Å²) in [7, 11) is 0. The molecular weight excluding hydrogens is 219 g/mol. The Labute approximate surface area is 71.3 Å². The van der Waals surface area contributed by atoms with Crippen molar-refractivity contribution >= 4 is 32.8 Å². The third kappa shape index (κ3) is 1.25. The van der Waals surface area contributed by atoms with E-state index in [1.165, 1.54) is 6.26 Å². The van der Waals surface area contributed by atoms with Gasteiger partial charge in [-0.25, -0.2) is 0 Å². The SMILES string of the molecule is Cc1c(Br)coc1C(=O)Cl. The average molecular weight is 223 g/mol. The molecule has 0 saturated carbocycles. The van der Waals surface area contributed by atoms with E-state index in [1.54, 1.807) is 6.92 Å². The van der Waals surface area contributed by atoms with Gasteiger partial charge in [0.25, 0.3) is 5.24 Å². The Hall–Kier alpha value is -0.280. The second kappa shape index (κ2) is 2.76. The first-order valence-corrected chi connectivity index (χ1v) is 3.73. The smallest absolute Gasteiger partial charge is 0.288 e. The van der Waals surface area contributed by atoms with Gasteiger partial charge in [0.1, 0.15) is 6.26 Å². The van der Waals surface area contributed by atoms with Crippen molar-refractivity contribution in [3.05, 3.63) is 22.1 Å². The van der Waals surface area contributed by atoms with E-state index >= 15 is 0 Å². The fourth-order valence-electron chi connectivity index (χ4n) is 0.590. The topological polar surface area (TPSA) is 30.2 Å². The largest absolute Gasteiger partial charge is 0.458 e. The van der Waals surface area contributed by atoms with Crippen molar-refractivity contribution in [3.8, 4) is 0 Å². The first-order valence-electron chi connectivity index (χ1n) is 2.56. The lowest BCUT2D eigenvalue weighted by Gasteiger charge is -1.86. The van der Waals surface area contributed by atoms with E-state index in [-0.39, 0.29) is 5.76 Å². The van der Waals surface area contributed by atoms with Crippen LogP contribution in [0.5, 0.6) is 0 Å². The Morgan fingerprint density at radius 1 is 1.80 bits per heavy atom. The Morgan fingerprint density at radius 2 is 2.40 bits per heavy atom. The lowest BCUT2D eigenvalue weighted by Crippen LogP contribution is -1.86. The van der Waals surface area contributed by atoms with E-state index < -0.39 is 5.24 Å². The van der Waals surface area contributed by atoms with E-state index in [1.807, 2.05) is 0 Å². The zero-order valence-electron chi connectivity index (χ0n) is 5.15. The number of rotatable bonds is 1. The van der Waals surface area contributed by atoms with Gasteiger partial charge < -0.3 is 4.42 Å². The van der Waals surface area contributed by atoms with Crippen LogP contribution in [0.1, 0.15) is 16.1 Å². The molecule has 0 amide bonds. The molecule has 0 aliphatic heterocycles. The van der Waals surface area contributed by atoms with Crippen LogP contribution >= 0.6 is 27.5 Å². The minimum absolute atomic E-state index is 0.202. The summed E-state index contributed by atoms with van der Waals surface area (Å²) in [5.41, 5.74) is 0.736. The second-order valence-corrected chi connectivity index (χ2v) is 3.01. The predicted octanol–water partition coefficient (Wildman–Crippen LogP) is 2.73. The summed E-state index contributed by atoms with van der Waals surface area (Å²) in [6.07, 6.45) is 1.44. The van der Waals surface area contributed by atoms with Gasteiger partial charge in [-0.15, -0.1) is 0 Å². The van der Waals surface area contributed by atoms with Gasteiger partial charge in [0.05, 0.1) is 4.47 Å². The summed E-state index contributed by atoms with van der Waals surface area (Å²) in [5.74, 6) is 0.202. The molecule has 0 unspecified atom stereocenters. The van der Waals surface area contributed by atoms with Gasteiger partial charge in [-0.05, 0) is 34.5 Å². The average Bonchev–Trinajstić information content (AvgIpc) is 2.14. The maximum absolute atomic E-state index is 10.5. The van der Waals surface area contributed by atoms with Gasteiger partial charge in [-0.3, -0.25) is 4.79 Å². The highest BCUT2D eigenvalue weighted by Crippen LogP contribution is 2.22. The second-order valence-electron chi connectivity index (χ2n) is 1.81. The molecule has 2 nitrogen and oxygen atoms in total. The molecule has 0 aliphatic carbocycles. The number of halogens is 2. The molecule has 4 heteroatoms. The quantitative estimate of drug-likeness (QED) is 0.685. The summed E-state index contributed by atoms with van der Waals surface area (Å²) in [6.45, 7) is 1.75. The zero-order valence-corrected chi connectivity index (χ0v) is 7.49. The van der Waals surface area contributed by atoms with Crippen LogP contribution < -0.4 is 0 Å². The highest BCUT2D eigenvalue weighted by Gasteiger charge is 2.12. The Morgan fingerprint density at radius 3 is 2.60 bits per heavy atom. The van der Waals surface area contributed by atoms with Crippen LogP contribution in [-0.2, 0) is 0 Å². The van der Waals surface area contributed by atoms with E-state index in [2.05, 4.69) is 15.9 Å². The summed E-state index contributed by atoms with van der Waals surface area (Å²) in [4.78, 5) is 10.5. The van der Waals surface area contributed by atoms with Crippen LogP contribution in [0.2, 0.25) is 0 Å². The molecule has 10 heavy (non-hydrogen) atoms. The van der Waals surface area contributed by atoms with Gasteiger partial charge in [0.15, 0.2) is 5.76 Å². The molecule has 1 rings (SSSR count). The van der Waals surface area contributed by atoms with Crippen LogP contribution in [0.15, 0.2) is 15.2 Å². The molecule has 1 aromatic heterocycles. The Balaban J connectivity index is 3.17. The van der Waals surface area contributed by atoms with Crippen molar-refractivity contribution in [2.45, 2.75) is 6.92 Å². The number of hydrogen-bond donors (Lipinski definition) is 0.